The second kappa shape index (κ2) is 3.82. The summed E-state index contributed by atoms with van der Waals surface area (Å²) >= 11 is 0. The Morgan fingerprint density at radius 3 is 3.11 bits per heavy atom. The van der Waals surface area contributed by atoms with E-state index in [1.807, 2.05) is 0 Å². The number of nitrogens with two attached hydrogens (primary N) is 1. The Hall–Kier alpha value is -0.120. The zero-order valence-electron chi connectivity index (χ0n) is 5.60. The summed E-state index contributed by atoms with van der Waals surface area (Å²) in [5.41, 5.74) is 2.61. The van der Waals surface area contributed by atoms with Gasteiger partial charge in [-0.2, -0.15) is 0 Å². The van der Waals surface area contributed by atoms with Gasteiger partial charge < -0.3 is 4.74 Å². The molecule has 9 heavy (non-hydrogen) atoms. The molecule has 0 bridgehead atoms. The van der Waals surface area contributed by atoms with Gasteiger partial charge in [-0.1, -0.05) is 0 Å². The molecule has 1 aliphatic heterocycles. The van der Waals surface area contributed by atoms with Crippen LogP contribution in [0.4, 0.5) is 0 Å². The molecular weight excluding hydrogens is 116 g/mol. The van der Waals surface area contributed by atoms with E-state index in [2.05, 4.69) is 5.43 Å². The van der Waals surface area contributed by atoms with E-state index in [1.165, 1.54) is 12.8 Å². The van der Waals surface area contributed by atoms with Crippen LogP contribution in [0.5, 0.6) is 0 Å². The Balaban J connectivity index is 1.98. The van der Waals surface area contributed by atoms with Gasteiger partial charge in [-0.05, 0) is 19.3 Å². The Labute approximate surface area is 55.5 Å². The summed E-state index contributed by atoms with van der Waals surface area (Å²) in [4.78, 5) is 0. The molecule has 3 heteroatoms. The Morgan fingerprint density at radius 2 is 2.56 bits per heavy atom. The van der Waals surface area contributed by atoms with Gasteiger partial charge >= 0.3 is 0 Å². The quantitative estimate of drug-likeness (QED) is 0.418. The van der Waals surface area contributed by atoms with Gasteiger partial charge in [-0.3, -0.25) is 11.3 Å². The highest BCUT2D eigenvalue weighted by Crippen LogP contribution is 2.13. The van der Waals surface area contributed by atoms with Gasteiger partial charge in [-0.15, -0.1) is 0 Å². The number of hydrogen-bond acceptors (Lipinski definition) is 3. The summed E-state index contributed by atoms with van der Waals surface area (Å²) in [6.07, 6.45) is 3.95. The summed E-state index contributed by atoms with van der Waals surface area (Å²) in [6.45, 7) is 1.81. The first-order valence-electron chi connectivity index (χ1n) is 3.48. The van der Waals surface area contributed by atoms with Gasteiger partial charge in [0, 0.05) is 13.2 Å². The van der Waals surface area contributed by atoms with E-state index >= 15 is 0 Å². The predicted molar refractivity (Wildman–Crippen MR) is 35.8 cm³/mol. The molecular formula is C6H14N2O. The van der Waals surface area contributed by atoms with Crippen molar-refractivity contribution in [1.29, 1.82) is 0 Å². The van der Waals surface area contributed by atoms with E-state index in [9.17, 15) is 0 Å². The minimum absolute atomic E-state index is 0.473. The third kappa shape index (κ3) is 2.30. The average Bonchev–Trinajstić information content (AvgIpc) is 2.34. The fraction of sp³-hybridized carbons (Fsp3) is 1.00. The predicted octanol–water partition coefficient (Wildman–Crippen LogP) is 0.0188. The van der Waals surface area contributed by atoms with Crippen LogP contribution in [0.25, 0.3) is 0 Å². The topological polar surface area (TPSA) is 47.3 Å². The second-order valence-electron chi connectivity index (χ2n) is 2.38. The summed E-state index contributed by atoms with van der Waals surface area (Å²) < 4.78 is 5.36. The van der Waals surface area contributed by atoms with Crippen molar-refractivity contribution in [3.63, 3.8) is 0 Å². The lowest BCUT2D eigenvalue weighted by atomic mass is 10.2. The highest BCUT2D eigenvalue weighted by atomic mass is 16.5. The van der Waals surface area contributed by atoms with Gasteiger partial charge in [0.05, 0.1) is 6.10 Å². The first-order chi connectivity index (χ1) is 4.43. The van der Waals surface area contributed by atoms with Crippen LogP contribution in [0.3, 0.4) is 0 Å². The van der Waals surface area contributed by atoms with Crippen molar-refractivity contribution in [2.45, 2.75) is 25.4 Å². The van der Waals surface area contributed by atoms with Crippen LogP contribution in [0.2, 0.25) is 0 Å². The van der Waals surface area contributed by atoms with Crippen LogP contribution in [-0.4, -0.2) is 19.3 Å². The van der Waals surface area contributed by atoms with Crippen LogP contribution in [0.1, 0.15) is 19.3 Å². The molecule has 1 fully saturated rings. The molecule has 3 nitrogen and oxygen atoms in total. The number of rotatable bonds is 3. The number of nitrogens with one attached hydrogen (secondary N) is 1. The largest absolute Gasteiger partial charge is 0.378 e. The van der Waals surface area contributed by atoms with Crippen molar-refractivity contribution < 1.29 is 4.74 Å². The van der Waals surface area contributed by atoms with Gasteiger partial charge in [0.25, 0.3) is 0 Å². The van der Waals surface area contributed by atoms with Gasteiger partial charge in [0.2, 0.25) is 0 Å². The molecule has 54 valence electrons. The van der Waals surface area contributed by atoms with Crippen molar-refractivity contribution in [2.75, 3.05) is 13.2 Å². The minimum atomic E-state index is 0.473. The van der Waals surface area contributed by atoms with Crippen LogP contribution in [-0.2, 0) is 4.74 Å². The molecule has 0 aromatic rings. The maximum atomic E-state index is 5.36. The SMILES string of the molecule is NNCCC1CCCO1. The van der Waals surface area contributed by atoms with Crippen LogP contribution in [0.15, 0.2) is 0 Å². The molecule has 1 rings (SSSR count). The maximum absolute atomic E-state index is 5.36. The van der Waals surface area contributed by atoms with Gasteiger partial charge in [-0.25, -0.2) is 0 Å². The number of hydrogen-bond donors (Lipinski definition) is 2. The van der Waals surface area contributed by atoms with E-state index in [-0.39, 0.29) is 0 Å². The molecule has 0 saturated carbocycles. The third-order valence-corrected chi connectivity index (χ3v) is 1.63. The van der Waals surface area contributed by atoms with Gasteiger partial charge in [0.15, 0.2) is 0 Å². The van der Waals surface area contributed by atoms with E-state index in [0.29, 0.717) is 6.10 Å². The zero-order valence-corrected chi connectivity index (χ0v) is 5.60. The third-order valence-electron chi connectivity index (χ3n) is 1.63. The molecule has 0 spiro atoms. The molecule has 0 radical (unpaired) electrons. The summed E-state index contributed by atoms with van der Waals surface area (Å²) in [6, 6.07) is 0. The Morgan fingerprint density at radius 1 is 1.67 bits per heavy atom. The summed E-state index contributed by atoms with van der Waals surface area (Å²) in [5, 5.41) is 0. The molecule has 0 aromatic carbocycles. The van der Waals surface area contributed by atoms with E-state index in [1.54, 1.807) is 0 Å². The van der Waals surface area contributed by atoms with Crippen molar-refractivity contribution in [3.05, 3.63) is 0 Å². The Kier molecular flexibility index (Phi) is 2.97. The smallest absolute Gasteiger partial charge is 0.0588 e. The average molecular weight is 130 g/mol. The van der Waals surface area contributed by atoms with Crippen LogP contribution < -0.4 is 11.3 Å². The lowest BCUT2D eigenvalue weighted by Crippen LogP contribution is -2.26. The molecule has 0 amide bonds. The van der Waals surface area contributed by atoms with Crippen LogP contribution >= 0.6 is 0 Å². The maximum Gasteiger partial charge on any atom is 0.0588 e. The summed E-state index contributed by atoms with van der Waals surface area (Å²) in [7, 11) is 0. The van der Waals surface area contributed by atoms with Crippen LogP contribution in [0, 0.1) is 0 Å². The van der Waals surface area contributed by atoms with Crippen molar-refractivity contribution >= 4 is 0 Å². The highest BCUT2D eigenvalue weighted by Gasteiger charge is 2.13. The lowest BCUT2D eigenvalue weighted by molar-refractivity contribution is 0.104. The normalized spacial score (nSPS) is 27.0. The second-order valence-corrected chi connectivity index (χ2v) is 2.38. The standard InChI is InChI=1S/C6H14N2O/c7-8-4-3-6-2-1-5-9-6/h6,8H,1-5,7H2. The monoisotopic (exact) mass is 130 g/mol. The molecule has 1 atom stereocenters. The van der Waals surface area contributed by atoms with Crippen molar-refractivity contribution in [3.8, 4) is 0 Å². The highest BCUT2D eigenvalue weighted by molar-refractivity contribution is 4.64. The number of hydrazine groups is 1. The van der Waals surface area contributed by atoms with Gasteiger partial charge in [0.1, 0.15) is 0 Å². The number of ether oxygens (including phenoxy) is 1. The fourth-order valence-electron chi connectivity index (χ4n) is 1.12. The van der Waals surface area contributed by atoms with E-state index < -0.39 is 0 Å². The van der Waals surface area contributed by atoms with Crippen molar-refractivity contribution in [2.24, 2.45) is 5.84 Å². The Bertz CT molecular complexity index is 71.5. The molecule has 1 aliphatic rings. The molecule has 3 N–H and O–H groups in total. The molecule has 0 aliphatic carbocycles. The first kappa shape index (κ1) is 6.99. The molecule has 1 heterocycles. The first-order valence-corrected chi connectivity index (χ1v) is 3.48. The molecule has 1 saturated heterocycles. The molecule has 1 unspecified atom stereocenters. The van der Waals surface area contributed by atoms with Crippen molar-refractivity contribution in [1.82, 2.24) is 5.43 Å². The fourth-order valence-corrected chi connectivity index (χ4v) is 1.12. The van der Waals surface area contributed by atoms with E-state index in [4.69, 9.17) is 10.6 Å². The minimum Gasteiger partial charge on any atom is -0.378 e. The van der Waals surface area contributed by atoms with E-state index in [0.717, 1.165) is 19.6 Å². The lowest BCUT2D eigenvalue weighted by Gasteiger charge is -2.06. The summed E-state index contributed by atoms with van der Waals surface area (Å²) in [5.74, 6) is 5.10. The molecule has 0 aromatic heterocycles. The zero-order chi connectivity index (χ0) is 6.53.